The molecule has 0 aliphatic carbocycles. The molecule has 2 aliphatic rings. The Kier molecular flexibility index (Phi) is 9.91. The van der Waals surface area contributed by atoms with Crippen LogP contribution >= 0.6 is 0 Å². The molecule has 0 aromatic rings. The molecule has 2 rings (SSSR count). The smallest absolute Gasteiger partial charge is 0.305 e. The predicted molar refractivity (Wildman–Crippen MR) is 122 cm³/mol. The van der Waals surface area contributed by atoms with Gasteiger partial charge in [-0.25, -0.2) is 0 Å². The van der Waals surface area contributed by atoms with Crippen LogP contribution in [0.3, 0.4) is 0 Å². The van der Waals surface area contributed by atoms with Crippen molar-refractivity contribution in [1.82, 2.24) is 0 Å². The van der Waals surface area contributed by atoms with Crippen molar-refractivity contribution in [3.8, 4) is 0 Å². The summed E-state index contributed by atoms with van der Waals surface area (Å²) in [6, 6.07) is 0. The molecule has 7 nitrogen and oxygen atoms in total. The van der Waals surface area contributed by atoms with Crippen LogP contribution in [-0.4, -0.2) is 71.1 Å². The van der Waals surface area contributed by atoms with E-state index in [1.807, 2.05) is 12.2 Å². The third-order valence-electron chi connectivity index (χ3n) is 6.91. The van der Waals surface area contributed by atoms with Crippen LogP contribution in [0.15, 0.2) is 23.8 Å². The lowest BCUT2D eigenvalue weighted by Crippen LogP contribution is -2.37. The second kappa shape index (κ2) is 11.7. The maximum absolute atomic E-state index is 11.0. The minimum Gasteiger partial charge on any atom is -0.481 e. The number of rotatable bonds is 12. The van der Waals surface area contributed by atoms with Gasteiger partial charge < -0.3 is 29.5 Å². The minimum atomic E-state index is -0.861. The van der Waals surface area contributed by atoms with Gasteiger partial charge in [0.05, 0.1) is 49.1 Å². The molecule has 2 heterocycles. The fourth-order valence-corrected chi connectivity index (χ4v) is 5.23. The number of hydrogen-bond acceptors (Lipinski definition) is 6. The van der Waals surface area contributed by atoms with Crippen molar-refractivity contribution in [1.29, 1.82) is 0 Å². The van der Waals surface area contributed by atoms with E-state index in [4.69, 9.17) is 19.3 Å². The molecule has 184 valence electrons. The van der Waals surface area contributed by atoms with Crippen molar-refractivity contribution in [3.05, 3.63) is 23.8 Å². The number of ether oxygens (including phenoxy) is 3. The molecule has 0 bridgehead atoms. The van der Waals surface area contributed by atoms with Gasteiger partial charge in [-0.1, -0.05) is 39.0 Å². The zero-order valence-corrected chi connectivity index (χ0v) is 20.4. The van der Waals surface area contributed by atoms with Crippen molar-refractivity contribution >= 4 is 5.97 Å². The van der Waals surface area contributed by atoms with Gasteiger partial charge in [-0.15, -0.1) is 0 Å². The molecule has 2 fully saturated rings. The Morgan fingerprint density at radius 3 is 2.53 bits per heavy atom. The summed E-state index contributed by atoms with van der Waals surface area (Å²) < 4.78 is 17.5. The van der Waals surface area contributed by atoms with Crippen LogP contribution in [0.1, 0.15) is 60.3 Å². The van der Waals surface area contributed by atoms with Crippen LogP contribution in [-0.2, 0) is 19.0 Å². The number of aliphatic carboxylic acids is 1. The van der Waals surface area contributed by atoms with Crippen LogP contribution < -0.4 is 0 Å². The first-order valence-corrected chi connectivity index (χ1v) is 11.8. The van der Waals surface area contributed by atoms with Gasteiger partial charge in [-0.2, -0.15) is 0 Å². The van der Waals surface area contributed by atoms with E-state index in [1.165, 1.54) is 0 Å². The number of carbonyl (C=O) groups is 1. The molecule has 2 aliphatic heterocycles. The third kappa shape index (κ3) is 7.12. The molecular weight excluding hydrogens is 412 g/mol. The average Bonchev–Trinajstić information content (AvgIpc) is 3.37. The molecule has 9 atom stereocenters. The van der Waals surface area contributed by atoms with E-state index in [0.717, 1.165) is 24.8 Å². The van der Waals surface area contributed by atoms with Crippen molar-refractivity contribution in [2.24, 2.45) is 17.8 Å². The number of carboxylic acid groups (broad SMARTS) is 1. The molecule has 7 heteroatoms. The van der Waals surface area contributed by atoms with E-state index in [9.17, 15) is 15.0 Å². The highest BCUT2D eigenvalue weighted by Crippen LogP contribution is 2.47. The SMILES string of the molecule is COC(C(C)O)C(C)C1OC1(C)CC(C)C=CC=C(CO)C1OC(CC(=O)O)CCC1C. The maximum atomic E-state index is 11.0. The van der Waals surface area contributed by atoms with Gasteiger partial charge >= 0.3 is 5.97 Å². The summed E-state index contributed by atoms with van der Waals surface area (Å²) in [6.45, 7) is 9.97. The standard InChI is InChI=1S/C25H42O7/c1-15(13-25(5)24(32-25)17(3)23(30-6)18(4)27)8-7-9-19(14-26)22-16(2)10-11-20(31-22)12-21(28)29/h7-9,15-18,20,22-24,26-27H,10-14H2,1-6H3,(H,28,29). The monoisotopic (exact) mass is 454 g/mol. The normalized spacial score (nSPS) is 34.8. The van der Waals surface area contributed by atoms with Gasteiger partial charge in [0.1, 0.15) is 0 Å². The molecule has 2 saturated heterocycles. The van der Waals surface area contributed by atoms with Gasteiger partial charge in [0.2, 0.25) is 0 Å². The first-order valence-electron chi connectivity index (χ1n) is 11.8. The highest BCUT2D eigenvalue weighted by Gasteiger charge is 2.56. The number of epoxide rings is 1. The van der Waals surface area contributed by atoms with Crippen molar-refractivity contribution in [2.45, 2.75) is 96.4 Å². The van der Waals surface area contributed by atoms with E-state index in [1.54, 1.807) is 14.0 Å². The number of carboxylic acids is 1. The summed E-state index contributed by atoms with van der Waals surface area (Å²) in [7, 11) is 1.62. The van der Waals surface area contributed by atoms with Crippen molar-refractivity contribution < 1.29 is 34.3 Å². The largest absolute Gasteiger partial charge is 0.481 e. The lowest BCUT2D eigenvalue weighted by atomic mass is 9.85. The number of allylic oxidation sites excluding steroid dienone is 3. The Labute approximate surface area is 192 Å². The van der Waals surface area contributed by atoms with Gasteiger partial charge in [0.25, 0.3) is 0 Å². The molecule has 0 spiro atoms. The van der Waals surface area contributed by atoms with Crippen LogP contribution in [0.5, 0.6) is 0 Å². The van der Waals surface area contributed by atoms with Crippen LogP contribution in [0.4, 0.5) is 0 Å². The Bertz CT molecular complexity index is 673. The molecule has 0 radical (unpaired) electrons. The first kappa shape index (κ1) is 27.0. The third-order valence-corrected chi connectivity index (χ3v) is 6.91. The summed E-state index contributed by atoms with van der Waals surface area (Å²) >= 11 is 0. The van der Waals surface area contributed by atoms with Gasteiger partial charge in [-0.05, 0) is 50.5 Å². The molecule has 32 heavy (non-hydrogen) atoms. The lowest BCUT2D eigenvalue weighted by molar-refractivity contribution is -0.144. The molecule has 9 unspecified atom stereocenters. The highest BCUT2D eigenvalue weighted by molar-refractivity contribution is 5.67. The number of methoxy groups -OCH3 is 1. The van der Waals surface area contributed by atoms with E-state index in [2.05, 4.69) is 33.8 Å². The predicted octanol–water partition coefficient (Wildman–Crippen LogP) is 3.34. The van der Waals surface area contributed by atoms with Crippen LogP contribution in [0.2, 0.25) is 0 Å². The Morgan fingerprint density at radius 2 is 1.97 bits per heavy atom. The zero-order valence-electron chi connectivity index (χ0n) is 20.4. The second-order valence-electron chi connectivity index (χ2n) is 9.95. The summed E-state index contributed by atoms with van der Waals surface area (Å²) in [5.41, 5.74) is 0.528. The zero-order chi connectivity index (χ0) is 24.1. The van der Waals surface area contributed by atoms with Gasteiger partial charge in [0, 0.05) is 13.0 Å². The fraction of sp³-hybridized carbons (Fsp3) is 0.800. The molecule has 3 N–H and O–H groups in total. The van der Waals surface area contributed by atoms with E-state index >= 15 is 0 Å². The summed E-state index contributed by atoms with van der Waals surface area (Å²) in [4.78, 5) is 11.0. The highest BCUT2D eigenvalue weighted by atomic mass is 16.6. The molecular formula is C25H42O7. The van der Waals surface area contributed by atoms with Gasteiger partial charge in [0.15, 0.2) is 0 Å². The molecule has 0 aromatic carbocycles. The van der Waals surface area contributed by atoms with Crippen LogP contribution in [0, 0.1) is 17.8 Å². The Balaban J connectivity index is 1.94. The van der Waals surface area contributed by atoms with E-state index in [-0.39, 0.29) is 60.8 Å². The lowest BCUT2D eigenvalue weighted by Gasteiger charge is -2.35. The summed E-state index contributed by atoms with van der Waals surface area (Å²) in [6.07, 6.45) is 7.04. The van der Waals surface area contributed by atoms with Crippen molar-refractivity contribution in [2.75, 3.05) is 13.7 Å². The average molecular weight is 455 g/mol. The minimum absolute atomic E-state index is 0.00797. The number of hydrogen-bond donors (Lipinski definition) is 3. The number of aliphatic hydroxyl groups excluding tert-OH is 2. The fourth-order valence-electron chi connectivity index (χ4n) is 5.23. The summed E-state index contributed by atoms with van der Waals surface area (Å²) in [5, 5.41) is 28.9. The van der Waals surface area contributed by atoms with Crippen LogP contribution in [0.25, 0.3) is 0 Å². The molecule has 0 amide bonds. The van der Waals surface area contributed by atoms with Crippen molar-refractivity contribution in [3.63, 3.8) is 0 Å². The molecule has 0 aromatic heterocycles. The van der Waals surface area contributed by atoms with Gasteiger partial charge in [-0.3, -0.25) is 4.79 Å². The number of aliphatic hydroxyl groups is 2. The second-order valence-corrected chi connectivity index (χ2v) is 9.95. The van der Waals surface area contributed by atoms with E-state index in [0.29, 0.717) is 0 Å². The Hall–Kier alpha value is -1.25. The van der Waals surface area contributed by atoms with E-state index < -0.39 is 12.1 Å². The quantitative estimate of drug-likeness (QED) is 0.306. The first-order chi connectivity index (χ1) is 15.0. The maximum Gasteiger partial charge on any atom is 0.305 e. The summed E-state index contributed by atoms with van der Waals surface area (Å²) in [5.74, 6) is -0.288. The molecule has 0 saturated carbocycles. The topological polar surface area (TPSA) is 109 Å². The Morgan fingerprint density at radius 1 is 1.28 bits per heavy atom.